The molecule has 0 aromatic heterocycles. The molecular formula is C32H41N3O6S. The van der Waals surface area contributed by atoms with Crippen molar-refractivity contribution in [3.05, 3.63) is 83.9 Å². The van der Waals surface area contributed by atoms with Gasteiger partial charge in [0.25, 0.3) is 10.0 Å². The number of carbonyl (C=O) groups excluding carboxylic acids is 2. The average molecular weight is 596 g/mol. The highest BCUT2D eigenvalue weighted by atomic mass is 32.2. The van der Waals surface area contributed by atoms with Crippen molar-refractivity contribution in [3.8, 4) is 11.5 Å². The monoisotopic (exact) mass is 595 g/mol. The van der Waals surface area contributed by atoms with Gasteiger partial charge in [-0.3, -0.25) is 13.9 Å². The van der Waals surface area contributed by atoms with Crippen LogP contribution in [0.25, 0.3) is 0 Å². The molecule has 0 aliphatic rings. The summed E-state index contributed by atoms with van der Waals surface area (Å²) < 4.78 is 39.9. The first-order chi connectivity index (χ1) is 19.8. The van der Waals surface area contributed by atoms with Gasteiger partial charge in [0.05, 0.1) is 24.8 Å². The predicted molar refractivity (Wildman–Crippen MR) is 164 cm³/mol. The minimum atomic E-state index is -4.25. The van der Waals surface area contributed by atoms with Gasteiger partial charge in [-0.15, -0.1) is 0 Å². The zero-order chi connectivity index (χ0) is 31.1. The number of methoxy groups -OCH3 is 2. The van der Waals surface area contributed by atoms with E-state index in [0.717, 1.165) is 15.4 Å². The topological polar surface area (TPSA) is 105 Å². The summed E-state index contributed by atoms with van der Waals surface area (Å²) in [5, 5.41) is 2.97. The van der Waals surface area contributed by atoms with Gasteiger partial charge in [0.1, 0.15) is 12.6 Å². The molecule has 0 fully saturated rings. The Bertz CT molecular complexity index is 1470. The van der Waals surface area contributed by atoms with Crippen molar-refractivity contribution in [2.75, 3.05) is 25.1 Å². The van der Waals surface area contributed by atoms with Crippen LogP contribution in [-0.4, -0.2) is 57.5 Å². The van der Waals surface area contributed by atoms with E-state index in [4.69, 9.17) is 9.47 Å². The lowest BCUT2D eigenvalue weighted by atomic mass is 10.1. The van der Waals surface area contributed by atoms with Crippen LogP contribution in [0.2, 0.25) is 0 Å². The summed E-state index contributed by atoms with van der Waals surface area (Å²) in [5.41, 5.74) is 1.68. The SMILES string of the molecule is CCC(C(=O)NC(C)(C)C)N(Cc1ccc(C)cc1)C(=O)CN(c1ccccc1)S(=O)(=O)c1ccc(OC)c(OC)c1. The Balaban J connectivity index is 2.08. The molecule has 226 valence electrons. The van der Waals surface area contributed by atoms with E-state index < -0.39 is 34.1 Å². The predicted octanol–water partition coefficient (Wildman–Crippen LogP) is 4.93. The maximum atomic E-state index is 14.2. The number of sulfonamides is 1. The van der Waals surface area contributed by atoms with Gasteiger partial charge in [-0.25, -0.2) is 8.42 Å². The number of amides is 2. The highest BCUT2D eigenvalue weighted by Crippen LogP contribution is 2.32. The fourth-order valence-electron chi connectivity index (χ4n) is 4.49. The van der Waals surface area contributed by atoms with Crippen molar-refractivity contribution in [2.45, 2.75) is 64.1 Å². The molecule has 3 aromatic rings. The second kappa shape index (κ2) is 13.7. The largest absolute Gasteiger partial charge is 0.493 e. The minimum absolute atomic E-state index is 0.0700. The van der Waals surface area contributed by atoms with Crippen LogP contribution in [0.15, 0.2) is 77.7 Å². The van der Waals surface area contributed by atoms with Crippen molar-refractivity contribution in [3.63, 3.8) is 0 Å². The van der Waals surface area contributed by atoms with Crippen LogP contribution in [0.1, 0.15) is 45.2 Å². The summed E-state index contributed by atoms with van der Waals surface area (Å²) in [6, 6.07) is 19.6. The van der Waals surface area contributed by atoms with Crippen LogP contribution in [0, 0.1) is 6.92 Å². The van der Waals surface area contributed by atoms with Gasteiger partial charge in [0, 0.05) is 18.2 Å². The number of benzene rings is 3. The molecule has 3 rings (SSSR count). The first kappa shape index (κ1) is 32.5. The number of nitrogens with zero attached hydrogens (tertiary/aromatic N) is 2. The number of carbonyl (C=O) groups is 2. The van der Waals surface area contributed by atoms with Crippen LogP contribution in [0.4, 0.5) is 5.69 Å². The second-order valence-corrected chi connectivity index (χ2v) is 12.9. The molecule has 1 N–H and O–H groups in total. The summed E-state index contributed by atoms with van der Waals surface area (Å²) in [6.07, 6.45) is 0.341. The number of aryl methyl sites for hydroxylation is 1. The Hall–Kier alpha value is -4.05. The molecule has 1 atom stereocenters. The summed E-state index contributed by atoms with van der Waals surface area (Å²) in [7, 11) is -1.37. The Kier molecular flexibility index (Phi) is 10.6. The van der Waals surface area contributed by atoms with E-state index in [1.54, 1.807) is 30.3 Å². The molecule has 42 heavy (non-hydrogen) atoms. The van der Waals surface area contributed by atoms with Crippen molar-refractivity contribution in [1.82, 2.24) is 10.2 Å². The molecule has 0 aliphatic heterocycles. The third kappa shape index (κ3) is 8.03. The molecule has 0 spiro atoms. The summed E-state index contributed by atoms with van der Waals surface area (Å²) in [6.45, 7) is 9.02. The second-order valence-electron chi connectivity index (χ2n) is 11.0. The Labute approximate surface area is 249 Å². The van der Waals surface area contributed by atoms with Gasteiger partial charge in [-0.1, -0.05) is 55.0 Å². The van der Waals surface area contributed by atoms with Gasteiger partial charge >= 0.3 is 0 Å². The maximum absolute atomic E-state index is 14.2. The van der Waals surface area contributed by atoms with E-state index in [2.05, 4.69) is 5.32 Å². The Morgan fingerprint density at radius 3 is 2.07 bits per heavy atom. The van der Waals surface area contributed by atoms with E-state index in [-0.39, 0.29) is 23.1 Å². The summed E-state index contributed by atoms with van der Waals surface area (Å²) >= 11 is 0. The summed E-state index contributed by atoms with van der Waals surface area (Å²) in [4.78, 5) is 29.0. The highest BCUT2D eigenvalue weighted by Gasteiger charge is 2.35. The van der Waals surface area contributed by atoms with Crippen LogP contribution >= 0.6 is 0 Å². The fourth-order valence-corrected chi connectivity index (χ4v) is 5.92. The maximum Gasteiger partial charge on any atom is 0.264 e. The lowest BCUT2D eigenvalue weighted by molar-refractivity contribution is -0.141. The van der Waals surface area contributed by atoms with Crippen LogP contribution in [0.3, 0.4) is 0 Å². The van der Waals surface area contributed by atoms with Crippen molar-refractivity contribution >= 4 is 27.5 Å². The van der Waals surface area contributed by atoms with Gasteiger partial charge in [0.2, 0.25) is 11.8 Å². The normalized spacial score (nSPS) is 12.3. The smallest absolute Gasteiger partial charge is 0.264 e. The number of rotatable bonds is 12. The number of para-hydroxylation sites is 1. The molecule has 1 unspecified atom stereocenters. The van der Waals surface area contributed by atoms with E-state index >= 15 is 0 Å². The zero-order valence-electron chi connectivity index (χ0n) is 25.4. The highest BCUT2D eigenvalue weighted by molar-refractivity contribution is 7.92. The molecule has 0 heterocycles. The lowest BCUT2D eigenvalue weighted by Crippen LogP contribution is -2.55. The number of ether oxygens (including phenoxy) is 2. The molecular weight excluding hydrogens is 554 g/mol. The molecule has 10 heteroatoms. The van der Waals surface area contributed by atoms with Crippen molar-refractivity contribution in [1.29, 1.82) is 0 Å². The number of hydrogen-bond acceptors (Lipinski definition) is 6. The fraction of sp³-hybridized carbons (Fsp3) is 0.375. The molecule has 9 nitrogen and oxygen atoms in total. The number of anilines is 1. The van der Waals surface area contributed by atoms with Gasteiger partial charge in [0.15, 0.2) is 11.5 Å². The van der Waals surface area contributed by atoms with E-state index in [1.165, 1.54) is 37.3 Å². The van der Waals surface area contributed by atoms with Crippen molar-refractivity contribution < 1.29 is 27.5 Å². The first-order valence-electron chi connectivity index (χ1n) is 13.8. The average Bonchev–Trinajstić information content (AvgIpc) is 2.95. The Morgan fingerprint density at radius 1 is 0.905 bits per heavy atom. The van der Waals surface area contributed by atoms with Crippen molar-refractivity contribution in [2.24, 2.45) is 0 Å². The van der Waals surface area contributed by atoms with Gasteiger partial charge in [-0.05, 0) is 63.9 Å². The van der Waals surface area contributed by atoms with Crippen LogP contribution in [0.5, 0.6) is 11.5 Å². The van der Waals surface area contributed by atoms with E-state index in [0.29, 0.717) is 17.9 Å². The lowest BCUT2D eigenvalue weighted by Gasteiger charge is -2.34. The van der Waals surface area contributed by atoms with E-state index in [1.807, 2.05) is 58.9 Å². The third-order valence-corrected chi connectivity index (χ3v) is 8.39. The molecule has 0 radical (unpaired) electrons. The molecule has 3 aromatic carbocycles. The minimum Gasteiger partial charge on any atom is -0.493 e. The van der Waals surface area contributed by atoms with Crippen LogP contribution < -0.4 is 19.1 Å². The van der Waals surface area contributed by atoms with Gasteiger partial charge in [-0.2, -0.15) is 0 Å². The first-order valence-corrected chi connectivity index (χ1v) is 15.2. The number of hydrogen-bond donors (Lipinski definition) is 1. The summed E-state index contributed by atoms with van der Waals surface area (Å²) in [5.74, 6) is -0.207. The quantitative estimate of drug-likeness (QED) is 0.318. The number of nitrogens with one attached hydrogen (secondary N) is 1. The Morgan fingerprint density at radius 2 is 1.52 bits per heavy atom. The zero-order valence-corrected chi connectivity index (χ0v) is 26.2. The molecule has 0 saturated carbocycles. The van der Waals surface area contributed by atoms with E-state index in [9.17, 15) is 18.0 Å². The third-order valence-electron chi connectivity index (χ3n) is 6.62. The van der Waals surface area contributed by atoms with Gasteiger partial charge < -0.3 is 19.7 Å². The molecule has 0 bridgehead atoms. The molecule has 0 saturated heterocycles. The van der Waals surface area contributed by atoms with Crippen LogP contribution in [-0.2, 0) is 26.2 Å². The standard InChI is InChI=1S/C32H41N3O6S/c1-8-27(31(37)33-32(3,4)5)34(21-24-16-14-23(2)15-17-24)30(36)22-35(25-12-10-9-11-13-25)42(38,39)26-18-19-28(40-6)29(20-26)41-7/h9-20,27H,8,21-22H2,1-7H3,(H,33,37). The molecule has 0 aliphatic carbocycles. The molecule has 2 amide bonds.